The third-order valence-electron chi connectivity index (χ3n) is 7.61. The molecule has 3 fully saturated rings. The predicted octanol–water partition coefficient (Wildman–Crippen LogP) is 6.33. The monoisotopic (exact) mass is 453 g/mol. The second-order valence-electron chi connectivity index (χ2n) is 10.2. The number of ether oxygens (including phenoxy) is 2. The molecule has 2 unspecified atom stereocenters. The number of hydrogen-bond acceptors (Lipinski definition) is 5. The summed E-state index contributed by atoms with van der Waals surface area (Å²) in [7, 11) is 0. The van der Waals surface area contributed by atoms with Crippen LogP contribution < -0.4 is 9.64 Å². The zero-order chi connectivity index (χ0) is 23.1. The van der Waals surface area contributed by atoms with Crippen LogP contribution in [0.2, 0.25) is 0 Å². The van der Waals surface area contributed by atoms with Gasteiger partial charge in [-0.25, -0.2) is 4.39 Å². The lowest BCUT2D eigenvalue weighted by molar-refractivity contribution is 0.0219. The van der Waals surface area contributed by atoms with Crippen LogP contribution in [0.5, 0.6) is 6.01 Å². The minimum atomic E-state index is 0.0708. The minimum absolute atomic E-state index is 0.0708. The topological polar surface area (TPSA) is 47.5 Å². The van der Waals surface area contributed by atoms with Gasteiger partial charge in [0.2, 0.25) is 0 Å². The van der Waals surface area contributed by atoms with Crippen LogP contribution in [0.3, 0.4) is 0 Å². The molecular formula is C27H36FN3O2. The molecule has 5 rings (SSSR count). The van der Waals surface area contributed by atoms with Crippen LogP contribution in [0.25, 0.3) is 16.5 Å². The Kier molecular flexibility index (Phi) is 6.30. The number of anilines is 1. The van der Waals surface area contributed by atoms with Gasteiger partial charge in [-0.1, -0.05) is 13.8 Å². The van der Waals surface area contributed by atoms with Gasteiger partial charge in [-0.2, -0.15) is 9.97 Å². The van der Waals surface area contributed by atoms with Crippen molar-refractivity contribution in [2.75, 3.05) is 24.7 Å². The first-order valence-corrected chi connectivity index (χ1v) is 12.6. The number of halogens is 1. The van der Waals surface area contributed by atoms with E-state index in [9.17, 15) is 4.39 Å². The summed E-state index contributed by atoms with van der Waals surface area (Å²) in [6, 6.07) is 3.16. The van der Waals surface area contributed by atoms with Crippen LogP contribution >= 0.6 is 0 Å². The smallest absolute Gasteiger partial charge is 0.319 e. The van der Waals surface area contributed by atoms with Crippen LogP contribution in [0.4, 0.5) is 10.2 Å². The Morgan fingerprint density at radius 1 is 1.24 bits per heavy atom. The summed E-state index contributed by atoms with van der Waals surface area (Å²) in [5.74, 6) is 2.11. The van der Waals surface area contributed by atoms with Crippen LogP contribution in [0, 0.1) is 12.8 Å². The average molecular weight is 454 g/mol. The molecule has 178 valence electrons. The second kappa shape index (κ2) is 9.21. The molecule has 33 heavy (non-hydrogen) atoms. The number of benzene rings is 1. The molecule has 2 aromatic rings. The van der Waals surface area contributed by atoms with E-state index < -0.39 is 0 Å². The molecule has 1 aromatic heterocycles. The third kappa shape index (κ3) is 4.34. The molecule has 0 bridgehead atoms. The molecule has 0 amide bonds. The fourth-order valence-corrected chi connectivity index (χ4v) is 5.73. The van der Waals surface area contributed by atoms with Crippen molar-refractivity contribution in [1.82, 2.24) is 9.97 Å². The lowest BCUT2D eigenvalue weighted by Gasteiger charge is -2.28. The van der Waals surface area contributed by atoms with Crippen molar-refractivity contribution < 1.29 is 13.9 Å². The molecular weight excluding hydrogens is 417 g/mol. The molecule has 5 nitrogen and oxygen atoms in total. The highest BCUT2D eigenvalue weighted by atomic mass is 19.1. The van der Waals surface area contributed by atoms with Gasteiger partial charge in [0, 0.05) is 30.8 Å². The van der Waals surface area contributed by atoms with E-state index in [-0.39, 0.29) is 6.10 Å². The van der Waals surface area contributed by atoms with E-state index in [1.807, 2.05) is 6.92 Å². The van der Waals surface area contributed by atoms with Crippen molar-refractivity contribution in [2.24, 2.45) is 5.92 Å². The number of aromatic nitrogens is 2. The van der Waals surface area contributed by atoms with Gasteiger partial charge in [-0.15, -0.1) is 0 Å². The highest BCUT2D eigenvalue weighted by Gasteiger charge is 2.34. The Bertz CT molecular complexity index is 1060. The Labute approximate surface area is 196 Å². The average Bonchev–Trinajstić information content (AvgIpc) is 3.60. The zero-order valence-corrected chi connectivity index (χ0v) is 20.4. The van der Waals surface area contributed by atoms with E-state index in [1.54, 1.807) is 0 Å². The molecule has 1 saturated carbocycles. The molecule has 1 aromatic carbocycles. The van der Waals surface area contributed by atoms with Gasteiger partial charge in [-0.3, -0.25) is 0 Å². The number of fused-ring (bicyclic) bond motifs is 1. The molecule has 6 heteroatoms. The predicted molar refractivity (Wildman–Crippen MR) is 131 cm³/mol. The van der Waals surface area contributed by atoms with Crippen molar-refractivity contribution >= 4 is 22.3 Å². The van der Waals surface area contributed by atoms with Crippen LogP contribution in [-0.2, 0) is 4.74 Å². The van der Waals surface area contributed by atoms with Gasteiger partial charge in [-0.05, 0) is 79.7 Å². The van der Waals surface area contributed by atoms with E-state index in [0.29, 0.717) is 42.7 Å². The first-order chi connectivity index (χ1) is 16.0. The van der Waals surface area contributed by atoms with Crippen molar-refractivity contribution in [3.63, 3.8) is 0 Å². The SMILES string of the molecule is CCC1CC(C)CN1c1nc(OC2CCOCC2)nc2c(C)c(/C(C)=C\F)c(C3CC3)cc12. The summed E-state index contributed by atoms with van der Waals surface area (Å²) < 4.78 is 25.5. The number of hydrogen-bond donors (Lipinski definition) is 0. The molecule has 0 spiro atoms. The molecule has 3 heterocycles. The first-order valence-electron chi connectivity index (χ1n) is 12.6. The van der Waals surface area contributed by atoms with Crippen LogP contribution in [-0.4, -0.2) is 41.9 Å². The molecule has 0 radical (unpaired) electrons. The van der Waals surface area contributed by atoms with E-state index in [2.05, 4.69) is 31.7 Å². The van der Waals surface area contributed by atoms with Gasteiger partial charge in [0.15, 0.2) is 0 Å². The zero-order valence-electron chi connectivity index (χ0n) is 20.4. The summed E-state index contributed by atoms with van der Waals surface area (Å²) in [6.45, 7) is 10.9. The standard InChI is InChI=1S/C27H36FN3O2/c1-5-20-12-16(2)15-31(20)26-23-13-22(19-6-7-19)24(17(3)14-28)18(4)25(23)29-27(30-26)33-21-8-10-32-11-9-21/h13-14,16,19-21H,5-12,15H2,1-4H3/b17-14-. The molecule has 3 aliphatic rings. The lowest BCUT2D eigenvalue weighted by Crippen LogP contribution is -2.31. The fraction of sp³-hybridized carbons (Fsp3) is 0.630. The summed E-state index contributed by atoms with van der Waals surface area (Å²) in [5.41, 5.74) is 4.84. The van der Waals surface area contributed by atoms with E-state index in [0.717, 1.165) is 72.8 Å². The second-order valence-corrected chi connectivity index (χ2v) is 10.2. The minimum Gasteiger partial charge on any atom is -0.460 e. The number of nitrogens with zero attached hydrogens (tertiary/aromatic N) is 3. The highest BCUT2D eigenvalue weighted by Crippen LogP contribution is 2.47. The van der Waals surface area contributed by atoms with Crippen molar-refractivity contribution in [1.29, 1.82) is 0 Å². The summed E-state index contributed by atoms with van der Waals surface area (Å²) in [4.78, 5) is 12.4. The van der Waals surface area contributed by atoms with Gasteiger partial charge < -0.3 is 14.4 Å². The summed E-state index contributed by atoms with van der Waals surface area (Å²) >= 11 is 0. The maximum atomic E-state index is 13.7. The third-order valence-corrected chi connectivity index (χ3v) is 7.61. The van der Waals surface area contributed by atoms with E-state index >= 15 is 0 Å². The molecule has 2 atom stereocenters. The van der Waals surface area contributed by atoms with Crippen molar-refractivity contribution in [2.45, 2.75) is 84.3 Å². The molecule has 1 aliphatic carbocycles. The molecule has 2 saturated heterocycles. The normalized spacial score (nSPS) is 24.6. The van der Waals surface area contributed by atoms with E-state index in [1.165, 1.54) is 12.0 Å². The lowest BCUT2D eigenvalue weighted by atomic mass is 9.91. The van der Waals surface area contributed by atoms with Crippen molar-refractivity contribution in [3.8, 4) is 6.01 Å². The Balaban J connectivity index is 1.69. The first kappa shape index (κ1) is 22.6. The number of rotatable bonds is 6. The highest BCUT2D eigenvalue weighted by molar-refractivity contribution is 5.96. The maximum Gasteiger partial charge on any atom is 0.319 e. The summed E-state index contributed by atoms with van der Waals surface area (Å²) in [6.07, 6.45) is 7.09. The van der Waals surface area contributed by atoms with Crippen LogP contribution in [0.1, 0.15) is 81.9 Å². The van der Waals surface area contributed by atoms with Gasteiger partial charge in [0.25, 0.3) is 0 Å². The Morgan fingerprint density at radius 3 is 2.67 bits per heavy atom. The Morgan fingerprint density at radius 2 is 2.00 bits per heavy atom. The van der Waals surface area contributed by atoms with Crippen LogP contribution in [0.15, 0.2) is 12.4 Å². The van der Waals surface area contributed by atoms with Gasteiger partial charge >= 0.3 is 6.01 Å². The van der Waals surface area contributed by atoms with E-state index in [4.69, 9.17) is 19.4 Å². The quantitative estimate of drug-likeness (QED) is 0.512. The number of aryl methyl sites for hydroxylation is 1. The fourth-order valence-electron chi connectivity index (χ4n) is 5.73. The van der Waals surface area contributed by atoms with Gasteiger partial charge in [0.05, 0.1) is 25.1 Å². The van der Waals surface area contributed by atoms with Crippen molar-refractivity contribution in [3.05, 3.63) is 29.1 Å². The Hall–Kier alpha value is -2.21. The van der Waals surface area contributed by atoms with Gasteiger partial charge in [0.1, 0.15) is 11.9 Å². The summed E-state index contributed by atoms with van der Waals surface area (Å²) in [5, 5.41) is 1.08. The maximum absolute atomic E-state index is 13.7. The number of allylic oxidation sites excluding steroid dienone is 1. The molecule has 2 aliphatic heterocycles. The molecule has 0 N–H and O–H groups in total. The largest absolute Gasteiger partial charge is 0.460 e.